The molecule has 17 nitrogen and oxygen atoms in total. The molecule has 0 fully saturated rings. The van der Waals surface area contributed by atoms with Crippen LogP contribution in [-0.4, -0.2) is 86.4 Å². The number of carbonyl (C=O) groups excluding carboxylic acids is 1. The van der Waals surface area contributed by atoms with Crippen LogP contribution >= 0.6 is 0 Å². The van der Waals surface area contributed by atoms with Crippen LogP contribution in [0.2, 0.25) is 0 Å². The summed E-state index contributed by atoms with van der Waals surface area (Å²) in [5.74, 6) is -7.74. The van der Waals surface area contributed by atoms with Crippen LogP contribution < -0.4 is 0 Å². The number of aliphatic hydroxyl groups excluding tert-OH is 3. The van der Waals surface area contributed by atoms with E-state index in [9.17, 15) is 58.6 Å². The molecule has 0 saturated heterocycles. The molecule has 8 heterocycles. The first-order chi connectivity index (χ1) is 50.0. The molecule has 0 aliphatic heterocycles. The van der Waals surface area contributed by atoms with Gasteiger partial charge in [0.2, 0.25) is 0 Å². The van der Waals surface area contributed by atoms with Crippen LogP contribution in [0.1, 0.15) is 63.2 Å². The molecule has 8 aromatic heterocycles. The summed E-state index contributed by atoms with van der Waals surface area (Å²) in [4.78, 5) is 40.6. The molecule has 0 spiro atoms. The molecule has 0 bridgehead atoms. The first kappa shape index (κ1) is 91.5. The summed E-state index contributed by atoms with van der Waals surface area (Å²) in [5.41, 5.74) is 3.10. The standard InChI is InChI=1S/2C12H8F2NO.C11H6F2N.C11H20O2.C9H5F2N2.C9H7N2.C8H5F2N3.C6H5NO2.3Ir/c2*13-9-1-2-10(11(14)6-9)12-5-8(7-16)3-4-15-12;12-8-4-5-9(10(13)7-8)11-3-1-2-6-14-11;1-10(2,3)8(12)7-9(13)11(4,5)6;10-7-2-3-9(8(11)6-7)13-5-1-4-12-13;1-2-5-9(6-3-1)11-8-4-7-10-11;9-6-4-7(10)8(11-5-6)13-3-1-2-12-13;8-6(9)5-3-1-2-4-7-5;;;/h2*1,3-6,16H,7H2;1-4,6-7H;7,12H,1-6H3;1-2,4-6H;1-5,7-8H;1-5H;1-4H,(H,8,9);;;/q3*-1;;2*-1;;;;;. The minimum absolute atomic E-state index is 0. The van der Waals surface area contributed by atoms with E-state index in [1.54, 1.807) is 77.9 Å². The van der Waals surface area contributed by atoms with Crippen molar-refractivity contribution in [2.45, 2.75) is 54.8 Å². The van der Waals surface area contributed by atoms with Crippen molar-refractivity contribution in [2.24, 2.45) is 10.8 Å². The van der Waals surface area contributed by atoms with Gasteiger partial charge in [0.1, 0.15) is 17.3 Å². The summed E-state index contributed by atoms with van der Waals surface area (Å²) in [7, 11) is 0. The third kappa shape index (κ3) is 30.3. The van der Waals surface area contributed by atoms with Gasteiger partial charge in [-0.1, -0.05) is 107 Å². The Morgan fingerprint density at radius 2 is 0.861 bits per heavy atom. The van der Waals surface area contributed by atoms with Gasteiger partial charge >= 0.3 is 5.97 Å². The van der Waals surface area contributed by atoms with E-state index in [4.69, 9.17) is 15.3 Å². The fourth-order valence-electron chi connectivity index (χ4n) is 7.82. The Hall–Kier alpha value is -10.7. The number of carboxylic acids is 1. The SMILES string of the molecule is CC(C)(C)C(=O)C=C(O)C(C)(C)C.Fc1c[c-]c(-c2ccccn2)c(F)c1.Fc1c[c-]c(-n2cccn2)c(F)c1.Fc1cnc(-n2cccn2)c(F)c1.O=C(O)c1ccccn1.OCc1ccnc(-c2[c-]cc(F)cc2F)c1.OCc1ccnc(-c2[c-]cc(F)cc2F)c1.[Ir].[Ir].[Ir].[c-]1ccccc1-n1cccn1. The van der Waals surface area contributed by atoms with Crippen molar-refractivity contribution >= 4 is 11.8 Å². The predicted molar refractivity (Wildman–Crippen MR) is 369 cm³/mol. The number of aliphatic hydroxyl groups is 3. The molecule has 108 heavy (non-hydrogen) atoms. The maximum absolute atomic E-state index is 13.4. The number of carboxylic acid groups (broad SMARTS) is 1. The number of aromatic nitrogens is 11. The number of para-hydroxylation sites is 1. The van der Waals surface area contributed by atoms with E-state index in [0.717, 1.165) is 66.5 Å². The smallest absolute Gasteiger partial charge is 0.354 e. The van der Waals surface area contributed by atoms with Crippen molar-refractivity contribution in [2.75, 3.05) is 0 Å². The fraction of sp³-hybridized carbons (Fsp3) is 0.128. The number of ketones is 1. The first-order valence-corrected chi connectivity index (χ1v) is 30.9. The Morgan fingerprint density at radius 3 is 1.24 bits per heavy atom. The maximum Gasteiger partial charge on any atom is 0.354 e. The fourth-order valence-corrected chi connectivity index (χ4v) is 7.82. The van der Waals surface area contributed by atoms with E-state index < -0.39 is 69.6 Å². The summed E-state index contributed by atoms with van der Waals surface area (Å²) >= 11 is 0. The van der Waals surface area contributed by atoms with Crippen LogP contribution in [0.4, 0.5) is 43.9 Å². The predicted octanol–water partition coefficient (Wildman–Crippen LogP) is 16.5. The van der Waals surface area contributed by atoms with Crippen LogP contribution in [0.15, 0.2) is 238 Å². The average molecular weight is 2020 g/mol. The summed E-state index contributed by atoms with van der Waals surface area (Å²) in [6, 6.07) is 50.3. The van der Waals surface area contributed by atoms with Crippen LogP contribution in [0.3, 0.4) is 0 Å². The zero-order chi connectivity index (χ0) is 76.6. The minimum Gasteiger partial charge on any atom is -0.512 e. The van der Waals surface area contributed by atoms with Crippen LogP contribution in [-0.2, 0) is 78.3 Å². The molecule has 0 unspecified atom stereocenters. The topological polar surface area (TPSA) is 233 Å². The van der Waals surface area contributed by atoms with Crippen molar-refractivity contribution in [1.29, 1.82) is 0 Å². The largest absolute Gasteiger partial charge is 0.512 e. The van der Waals surface area contributed by atoms with Gasteiger partial charge in [0, 0.05) is 192 Å². The summed E-state index contributed by atoms with van der Waals surface area (Å²) < 4.78 is 133. The van der Waals surface area contributed by atoms with Crippen molar-refractivity contribution in [3.63, 3.8) is 0 Å². The third-order valence-corrected chi connectivity index (χ3v) is 13.2. The van der Waals surface area contributed by atoms with E-state index >= 15 is 0 Å². The van der Waals surface area contributed by atoms with E-state index in [1.165, 1.54) is 70.8 Å². The quantitative estimate of drug-likeness (QED) is 0.0432. The number of nitrogens with zero attached hydrogens (tertiary/aromatic N) is 11. The number of carbonyl (C=O) groups is 2. The Morgan fingerprint density at radius 1 is 0.426 bits per heavy atom. The number of pyridine rings is 5. The van der Waals surface area contributed by atoms with E-state index in [2.05, 4.69) is 70.5 Å². The number of halogens is 10. The van der Waals surface area contributed by atoms with Crippen molar-refractivity contribution in [3.8, 4) is 51.0 Å². The molecule has 0 amide bonds. The monoisotopic (exact) mass is 2020 g/mol. The molecule has 569 valence electrons. The molecule has 30 heteroatoms. The normalized spacial score (nSPS) is 10.4. The number of hydrogen-bond acceptors (Lipinski definition) is 13. The summed E-state index contributed by atoms with van der Waals surface area (Å²) in [6.07, 6.45) is 17.9. The van der Waals surface area contributed by atoms with Crippen molar-refractivity contribution < 1.29 is 134 Å². The molecule has 0 atom stereocenters. The zero-order valence-corrected chi connectivity index (χ0v) is 64.8. The minimum atomic E-state index is -0.990. The van der Waals surface area contributed by atoms with Gasteiger partial charge in [-0.25, -0.2) is 28.2 Å². The van der Waals surface area contributed by atoms with Gasteiger partial charge in [-0.3, -0.25) is 49.3 Å². The number of benzene rings is 5. The third-order valence-electron chi connectivity index (χ3n) is 13.2. The molecule has 0 aliphatic carbocycles. The molecule has 4 N–H and O–H groups in total. The molecular weight excluding hydrogens is 1950 g/mol. The van der Waals surface area contributed by atoms with Gasteiger partial charge in [-0.05, 0) is 88.1 Å². The van der Waals surface area contributed by atoms with Gasteiger partial charge in [-0.15, -0.1) is 54.6 Å². The molecule has 3 radical (unpaired) electrons. The molecule has 0 aliphatic rings. The van der Waals surface area contributed by atoms with Gasteiger partial charge in [-0.2, -0.15) is 45.6 Å². The summed E-state index contributed by atoms with van der Waals surface area (Å²) in [6.45, 7) is 10.8. The van der Waals surface area contributed by atoms with Crippen molar-refractivity contribution in [1.82, 2.24) is 54.3 Å². The molecule has 13 rings (SSSR count). The second-order valence-corrected chi connectivity index (χ2v) is 23.2. The van der Waals surface area contributed by atoms with E-state index in [1.807, 2.05) is 78.1 Å². The molecule has 13 aromatic rings. The van der Waals surface area contributed by atoms with Gasteiger partial charge in [0.25, 0.3) is 0 Å². The first-order valence-electron chi connectivity index (χ1n) is 30.9. The Kier molecular flexibility index (Phi) is 38.8. The Bertz CT molecular complexity index is 4700. The molecular formula is C78H64F10Ir3N11O6-5. The Balaban J connectivity index is 0.000000320. The number of aromatic carboxylic acids is 1. The number of allylic oxidation sites excluding steroid dienone is 2. The molecule has 0 saturated carbocycles. The van der Waals surface area contributed by atoms with Crippen LogP contribution in [0.5, 0.6) is 0 Å². The second kappa shape index (κ2) is 45.7. The van der Waals surface area contributed by atoms with Gasteiger partial charge in [0.15, 0.2) is 17.4 Å². The van der Waals surface area contributed by atoms with Gasteiger partial charge < -0.3 is 35.4 Å². The van der Waals surface area contributed by atoms with E-state index in [-0.39, 0.29) is 124 Å². The van der Waals surface area contributed by atoms with E-state index in [0.29, 0.717) is 28.2 Å². The van der Waals surface area contributed by atoms with Crippen molar-refractivity contribution in [3.05, 3.63) is 343 Å². The maximum atomic E-state index is 13.4. The zero-order valence-electron chi connectivity index (χ0n) is 57.7. The second-order valence-electron chi connectivity index (χ2n) is 23.2. The molecule has 5 aromatic carbocycles. The average Bonchev–Trinajstić information content (AvgIpc) is 1.13. The van der Waals surface area contributed by atoms with Crippen LogP contribution in [0.25, 0.3) is 51.0 Å². The summed E-state index contributed by atoms with van der Waals surface area (Å²) in [5, 5.41) is 47.4. The Labute approximate surface area is 655 Å². The number of hydrogen-bond donors (Lipinski definition) is 4. The number of rotatable bonds is 10. The van der Waals surface area contributed by atoms with Crippen LogP contribution in [0, 0.1) is 99.3 Å². The van der Waals surface area contributed by atoms with Gasteiger partial charge in [0.05, 0.1) is 19.4 Å².